The van der Waals surface area contributed by atoms with Crippen molar-refractivity contribution >= 4 is 66.7 Å². The number of alkyl halides is 1. The number of anilines is 1. The molecule has 1 amide bonds. The maximum absolute atomic E-state index is 13.7. The third-order valence-electron chi connectivity index (χ3n) is 8.09. The summed E-state index contributed by atoms with van der Waals surface area (Å²) in [6.45, 7) is 3.28. The molecular weight excluding hydrogens is 739 g/mol. The van der Waals surface area contributed by atoms with Crippen molar-refractivity contribution in [3.8, 4) is 0 Å². The molecule has 1 N–H and O–H groups in total. The van der Waals surface area contributed by atoms with Crippen molar-refractivity contribution in [2.45, 2.75) is 43.9 Å². The van der Waals surface area contributed by atoms with Gasteiger partial charge in [0, 0.05) is 17.8 Å². The number of ether oxygens (including phenoxy) is 4. The summed E-state index contributed by atoms with van der Waals surface area (Å²) < 4.78 is 49.6. The number of pyridine rings is 1. The van der Waals surface area contributed by atoms with Crippen LogP contribution in [0.25, 0.3) is 11.0 Å². The lowest BCUT2D eigenvalue weighted by Crippen LogP contribution is -2.51. The first-order chi connectivity index (χ1) is 21.7. The molecular formula is C30H38ClIN4O8S. The molecule has 15 heteroatoms. The highest BCUT2D eigenvalue weighted by Crippen LogP contribution is 2.53. The summed E-state index contributed by atoms with van der Waals surface area (Å²) in [7, 11) is -3.36. The van der Waals surface area contributed by atoms with Crippen molar-refractivity contribution in [1.82, 2.24) is 14.5 Å². The van der Waals surface area contributed by atoms with E-state index in [9.17, 15) is 18.3 Å². The Morgan fingerprint density at radius 3 is 2.38 bits per heavy atom. The van der Waals surface area contributed by atoms with Crippen LogP contribution in [0.5, 0.6) is 0 Å². The number of aliphatic hydroxyl groups excluding tert-OH is 1. The van der Waals surface area contributed by atoms with Crippen LogP contribution in [0.3, 0.4) is 0 Å². The van der Waals surface area contributed by atoms with Crippen LogP contribution in [0.2, 0.25) is 5.02 Å². The molecule has 1 fully saturated rings. The molecule has 0 unspecified atom stereocenters. The van der Waals surface area contributed by atoms with Crippen molar-refractivity contribution in [1.29, 1.82) is 0 Å². The van der Waals surface area contributed by atoms with E-state index in [4.69, 9.17) is 35.5 Å². The lowest BCUT2D eigenvalue weighted by atomic mass is 9.63. The molecule has 246 valence electrons. The first-order valence-electron chi connectivity index (χ1n) is 14.9. The van der Waals surface area contributed by atoms with Crippen molar-refractivity contribution in [3.63, 3.8) is 0 Å². The number of aliphatic hydroxyl groups is 1. The molecule has 1 aliphatic heterocycles. The standard InChI is InChI=1S/C30H38ClIN4O8S/c31-22-2-3-26-25(16-22)34-28(20-36-27-19-33-5-4-24(27)30(29(36)38)17-23(37)18-30)35(26)6-1-14-45(39,40)15-13-43-10-9-41-7-8-42-11-12-44-21-32/h2-5,16,19,23,37H,1,6-15,17-18,20-21H2. The van der Waals surface area contributed by atoms with Gasteiger partial charge in [-0.1, -0.05) is 34.2 Å². The zero-order valence-electron chi connectivity index (χ0n) is 24.9. The van der Waals surface area contributed by atoms with Crippen LogP contribution in [0.15, 0.2) is 36.7 Å². The van der Waals surface area contributed by atoms with E-state index in [2.05, 4.69) is 27.6 Å². The molecule has 0 saturated heterocycles. The van der Waals surface area contributed by atoms with Gasteiger partial charge in [0.05, 0.1) is 103 Å². The molecule has 0 bridgehead atoms. The fraction of sp³-hybridized carbons (Fsp3) is 0.567. The molecule has 2 aliphatic rings. The van der Waals surface area contributed by atoms with Crippen LogP contribution in [0.1, 0.15) is 30.7 Å². The Balaban J connectivity index is 1.14. The molecule has 1 aliphatic carbocycles. The molecule has 3 aromatic rings. The van der Waals surface area contributed by atoms with Crippen molar-refractivity contribution in [2.75, 3.05) is 67.3 Å². The lowest BCUT2D eigenvalue weighted by molar-refractivity contribution is -0.131. The van der Waals surface area contributed by atoms with E-state index in [1.165, 1.54) is 0 Å². The monoisotopic (exact) mass is 776 g/mol. The van der Waals surface area contributed by atoms with Gasteiger partial charge in [-0.3, -0.25) is 9.78 Å². The van der Waals surface area contributed by atoms with E-state index in [-0.39, 0.29) is 30.6 Å². The minimum atomic E-state index is -3.36. The summed E-state index contributed by atoms with van der Waals surface area (Å²) in [6.07, 6.45) is 3.95. The topological polar surface area (TPSA) is 142 Å². The number of amides is 1. The number of hydrogen-bond acceptors (Lipinski definition) is 10. The van der Waals surface area contributed by atoms with E-state index in [0.717, 1.165) is 11.1 Å². The van der Waals surface area contributed by atoms with Gasteiger partial charge in [0.15, 0.2) is 9.84 Å². The minimum Gasteiger partial charge on any atom is -0.393 e. The molecule has 12 nitrogen and oxygen atoms in total. The van der Waals surface area contributed by atoms with Crippen LogP contribution in [0, 0.1) is 0 Å². The fourth-order valence-electron chi connectivity index (χ4n) is 5.89. The number of nitrogens with zero attached hydrogens (tertiary/aromatic N) is 4. The average Bonchev–Trinajstić information content (AvgIpc) is 3.45. The Bertz CT molecular complexity index is 1570. The van der Waals surface area contributed by atoms with Gasteiger partial charge in [-0.15, -0.1) is 0 Å². The van der Waals surface area contributed by atoms with E-state index < -0.39 is 21.4 Å². The van der Waals surface area contributed by atoms with Crippen LogP contribution in [0.4, 0.5) is 5.69 Å². The highest BCUT2D eigenvalue weighted by Gasteiger charge is 2.58. The van der Waals surface area contributed by atoms with Crippen molar-refractivity contribution < 1.29 is 37.3 Å². The van der Waals surface area contributed by atoms with E-state index in [1.54, 1.807) is 29.4 Å². The maximum Gasteiger partial charge on any atom is 0.238 e. The van der Waals surface area contributed by atoms with Gasteiger partial charge >= 0.3 is 0 Å². The van der Waals surface area contributed by atoms with Crippen molar-refractivity contribution in [2.24, 2.45) is 0 Å². The number of imidazole rings is 1. The average molecular weight is 777 g/mol. The molecule has 1 aromatic carbocycles. The molecule has 0 radical (unpaired) electrons. The Hall–Kier alpha value is -1.92. The smallest absolute Gasteiger partial charge is 0.238 e. The molecule has 45 heavy (non-hydrogen) atoms. The second kappa shape index (κ2) is 15.8. The van der Waals surface area contributed by atoms with Crippen LogP contribution in [-0.4, -0.2) is 102 Å². The fourth-order valence-corrected chi connectivity index (χ4v) is 7.52. The van der Waals surface area contributed by atoms with Crippen LogP contribution < -0.4 is 4.90 Å². The SMILES string of the molecule is O=C1N(Cc2nc3cc(Cl)ccc3n2CCCS(=O)(=O)CCOCCOCCOCCOCI)c2cnccc2C12CC(O)C2. The third kappa shape index (κ3) is 8.33. The van der Waals surface area contributed by atoms with Gasteiger partial charge in [0.25, 0.3) is 0 Å². The molecule has 0 atom stereocenters. The number of carbonyl (C=O) groups excluding carboxylic acids is 1. The quantitative estimate of drug-likeness (QED) is 0.110. The number of benzene rings is 1. The summed E-state index contributed by atoms with van der Waals surface area (Å²) in [6, 6.07) is 7.24. The molecule has 3 heterocycles. The summed E-state index contributed by atoms with van der Waals surface area (Å²) in [5.74, 6) is 0.438. The predicted molar refractivity (Wildman–Crippen MR) is 178 cm³/mol. The van der Waals surface area contributed by atoms with Gasteiger partial charge < -0.3 is 33.5 Å². The summed E-state index contributed by atoms with van der Waals surface area (Å²) in [5.41, 5.74) is 2.32. The molecule has 1 saturated carbocycles. The first kappa shape index (κ1) is 34.4. The van der Waals surface area contributed by atoms with Crippen molar-refractivity contribution in [3.05, 3.63) is 53.1 Å². The minimum absolute atomic E-state index is 0.0193. The maximum atomic E-state index is 13.7. The number of rotatable bonds is 19. The van der Waals surface area contributed by atoms with Gasteiger partial charge in [-0.05, 0) is 49.1 Å². The van der Waals surface area contributed by atoms with E-state index in [1.807, 2.05) is 16.7 Å². The van der Waals surface area contributed by atoms with Gasteiger partial charge in [-0.2, -0.15) is 0 Å². The Labute approximate surface area is 281 Å². The number of aromatic nitrogens is 3. The van der Waals surface area contributed by atoms with Gasteiger partial charge in [0.2, 0.25) is 5.91 Å². The largest absolute Gasteiger partial charge is 0.393 e. The predicted octanol–water partition coefficient (Wildman–Crippen LogP) is 3.29. The lowest BCUT2D eigenvalue weighted by Gasteiger charge is -2.41. The zero-order valence-corrected chi connectivity index (χ0v) is 28.6. The second-order valence-electron chi connectivity index (χ2n) is 11.1. The number of aryl methyl sites for hydroxylation is 1. The first-order valence-corrected chi connectivity index (χ1v) is 18.6. The van der Waals surface area contributed by atoms with E-state index in [0.29, 0.717) is 92.1 Å². The third-order valence-corrected chi connectivity index (χ3v) is 10.5. The van der Waals surface area contributed by atoms with E-state index >= 15 is 0 Å². The van der Waals surface area contributed by atoms with Crippen LogP contribution in [-0.2, 0) is 52.1 Å². The summed E-state index contributed by atoms with van der Waals surface area (Å²) >= 11 is 8.38. The number of fused-ring (bicyclic) bond motifs is 3. The summed E-state index contributed by atoms with van der Waals surface area (Å²) in [5, 5.41) is 10.6. The molecule has 2 aromatic heterocycles. The number of halogens is 2. The Morgan fingerprint density at radius 1 is 1.00 bits per heavy atom. The number of carbonyl (C=O) groups is 1. The number of sulfone groups is 1. The number of hydrogen-bond donors (Lipinski definition) is 1. The zero-order chi connectivity index (χ0) is 31.9. The highest BCUT2D eigenvalue weighted by atomic mass is 127. The highest BCUT2D eigenvalue weighted by molar-refractivity contribution is 14.1. The molecule has 5 rings (SSSR count). The normalized spacial score (nSPS) is 19.5. The Kier molecular flexibility index (Phi) is 12.1. The Morgan fingerprint density at radius 2 is 1.69 bits per heavy atom. The van der Waals surface area contributed by atoms with Crippen LogP contribution >= 0.6 is 34.2 Å². The van der Waals surface area contributed by atoms with Gasteiger partial charge in [-0.25, -0.2) is 13.4 Å². The van der Waals surface area contributed by atoms with Gasteiger partial charge in [0.1, 0.15) is 5.82 Å². The second-order valence-corrected chi connectivity index (χ2v) is 14.5. The summed E-state index contributed by atoms with van der Waals surface area (Å²) in [4.78, 5) is 24.4. The molecule has 1 spiro atoms.